The van der Waals surface area contributed by atoms with Crippen molar-refractivity contribution in [3.63, 3.8) is 0 Å². The number of aromatic amines is 2. The highest BCUT2D eigenvalue weighted by atomic mass is 16.1. The van der Waals surface area contributed by atoms with Crippen molar-refractivity contribution in [3.8, 4) is 11.3 Å². The number of anilines is 1. The molecule has 0 unspecified atom stereocenters. The van der Waals surface area contributed by atoms with Gasteiger partial charge in [-0.05, 0) is 24.3 Å². The molecule has 0 bridgehead atoms. The van der Waals surface area contributed by atoms with Gasteiger partial charge in [0, 0.05) is 40.2 Å². The molecule has 0 aliphatic rings. The largest absolute Gasteiger partial charge is 0.360 e. The lowest BCUT2D eigenvalue weighted by atomic mass is 10.1. The number of carbonyl (C=O) groups excluding carboxylic acids is 1. The van der Waals surface area contributed by atoms with Gasteiger partial charge < -0.3 is 15.3 Å². The lowest BCUT2D eigenvalue weighted by Gasteiger charge is -2.02. The number of amides is 1. The zero-order valence-electron chi connectivity index (χ0n) is 12.3. The Morgan fingerprint density at radius 2 is 1.65 bits per heavy atom. The van der Waals surface area contributed by atoms with Crippen LogP contribution in [-0.4, -0.2) is 15.9 Å². The average Bonchev–Trinajstić information content (AvgIpc) is 3.22. The highest BCUT2D eigenvalue weighted by Crippen LogP contribution is 2.28. The zero-order valence-corrected chi connectivity index (χ0v) is 12.3. The minimum Gasteiger partial charge on any atom is -0.360 e. The van der Waals surface area contributed by atoms with Crippen molar-refractivity contribution in [1.82, 2.24) is 9.97 Å². The second kappa shape index (κ2) is 5.50. The molecule has 0 saturated heterocycles. The minimum atomic E-state index is -0.126. The number of hydrogen-bond donors (Lipinski definition) is 3. The van der Waals surface area contributed by atoms with Gasteiger partial charge in [-0.2, -0.15) is 0 Å². The molecule has 4 aromatic rings. The van der Waals surface area contributed by atoms with Gasteiger partial charge in [0.1, 0.15) is 0 Å². The molecule has 0 aliphatic carbocycles. The summed E-state index contributed by atoms with van der Waals surface area (Å²) in [6.45, 7) is 0. The van der Waals surface area contributed by atoms with Crippen molar-refractivity contribution >= 4 is 22.5 Å². The Hall–Kier alpha value is -3.27. The third-order valence-corrected chi connectivity index (χ3v) is 3.86. The molecule has 0 spiro atoms. The third kappa shape index (κ3) is 2.51. The summed E-state index contributed by atoms with van der Waals surface area (Å²) in [5, 5.41) is 4.02. The molecule has 4 heteroatoms. The van der Waals surface area contributed by atoms with Gasteiger partial charge >= 0.3 is 0 Å². The monoisotopic (exact) mass is 301 g/mol. The van der Waals surface area contributed by atoms with Gasteiger partial charge in [0.15, 0.2) is 0 Å². The quantitative estimate of drug-likeness (QED) is 0.515. The van der Waals surface area contributed by atoms with E-state index < -0.39 is 0 Å². The minimum absolute atomic E-state index is 0.126. The number of hydrogen-bond acceptors (Lipinski definition) is 1. The zero-order chi connectivity index (χ0) is 15.6. The van der Waals surface area contributed by atoms with Crippen LogP contribution in [0.1, 0.15) is 10.4 Å². The maximum Gasteiger partial charge on any atom is 0.257 e. The molecular weight excluding hydrogens is 286 g/mol. The number of para-hydroxylation sites is 2. The van der Waals surface area contributed by atoms with Crippen molar-refractivity contribution < 1.29 is 4.79 Å². The van der Waals surface area contributed by atoms with Crippen molar-refractivity contribution in [3.05, 3.63) is 78.6 Å². The summed E-state index contributed by atoms with van der Waals surface area (Å²) < 4.78 is 0. The van der Waals surface area contributed by atoms with Gasteiger partial charge in [0.25, 0.3) is 5.91 Å². The van der Waals surface area contributed by atoms with Crippen LogP contribution < -0.4 is 5.32 Å². The van der Waals surface area contributed by atoms with Gasteiger partial charge in [-0.25, -0.2) is 0 Å². The first kappa shape index (κ1) is 13.4. The van der Waals surface area contributed by atoms with E-state index in [2.05, 4.69) is 21.4 Å². The molecule has 4 nitrogen and oxygen atoms in total. The van der Waals surface area contributed by atoms with E-state index in [1.807, 2.05) is 60.8 Å². The van der Waals surface area contributed by atoms with Crippen molar-refractivity contribution in [2.75, 3.05) is 5.32 Å². The second-order valence-corrected chi connectivity index (χ2v) is 5.37. The average molecular weight is 301 g/mol. The van der Waals surface area contributed by atoms with Crippen molar-refractivity contribution in [2.45, 2.75) is 0 Å². The van der Waals surface area contributed by atoms with Crippen molar-refractivity contribution in [2.24, 2.45) is 0 Å². The second-order valence-electron chi connectivity index (χ2n) is 5.37. The number of aromatic nitrogens is 2. The van der Waals surface area contributed by atoms with E-state index >= 15 is 0 Å². The number of nitrogens with one attached hydrogen (secondary N) is 3. The Balaban J connectivity index is 1.63. The highest BCUT2D eigenvalue weighted by Gasteiger charge is 2.12. The third-order valence-electron chi connectivity index (χ3n) is 3.86. The molecule has 0 saturated carbocycles. The van der Waals surface area contributed by atoms with Crippen LogP contribution in [0.2, 0.25) is 0 Å². The molecule has 0 aliphatic heterocycles. The molecule has 0 radical (unpaired) electrons. The van der Waals surface area contributed by atoms with E-state index in [-0.39, 0.29) is 5.91 Å². The smallest absolute Gasteiger partial charge is 0.257 e. The van der Waals surface area contributed by atoms with E-state index in [0.29, 0.717) is 5.56 Å². The normalized spacial score (nSPS) is 10.8. The van der Waals surface area contributed by atoms with E-state index in [0.717, 1.165) is 27.8 Å². The summed E-state index contributed by atoms with van der Waals surface area (Å²) in [6.07, 6.45) is 3.69. The van der Waals surface area contributed by atoms with Crippen LogP contribution in [0.3, 0.4) is 0 Å². The highest BCUT2D eigenvalue weighted by molar-refractivity contribution is 6.05. The van der Waals surface area contributed by atoms with Crippen molar-refractivity contribution in [1.29, 1.82) is 0 Å². The van der Waals surface area contributed by atoms with Crippen LogP contribution in [0.15, 0.2) is 73.1 Å². The fourth-order valence-electron chi connectivity index (χ4n) is 2.70. The first-order valence-electron chi connectivity index (χ1n) is 7.42. The Labute approximate surface area is 133 Å². The topological polar surface area (TPSA) is 60.7 Å². The van der Waals surface area contributed by atoms with Gasteiger partial charge in [0.05, 0.1) is 5.56 Å². The summed E-state index contributed by atoms with van der Waals surface area (Å²) >= 11 is 0. The molecule has 1 amide bonds. The molecule has 2 aromatic heterocycles. The molecule has 3 N–H and O–H groups in total. The van der Waals surface area contributed by atoms with Crippen LogP contribution in [0.5, 0.6) is 0 Å². The molecule has 23 heavy (non-hydrogen) atoms. The predicted molar refractivity (Wildman–Crippen MR) is 92.5 cm³/mol. The molecule has 0 fully saturated rings. The van der Waals surface area contributed by atoms with E-state index in [1.165, 1.54) is 0 Å². The lowest BCUT2D eigenvalue weighted by Crippen LogP contribution is -2.10. The maximum absolute atomic E-state index is 12.3. The Morgan fingerprint density at radius 3 is 2.52 bits per heavy atom. The van der Waals surface area contributed by atoms with E-state index in [1.54, 1.807) is 6.20 Å². The number of fused-ring (bicyclic) bond motifs is 1. The van der Waals surface area contributed by atoms with Crippen LogP contribution in [0.4, 0.5) is 5.69 Å². The molecular formula is C19H15N3O. The molecule has 2 aromatic carbocycles. The van der Waals surface area contributed by atoms with Crippen LogP contribution in [0, 0.1) is 0 Å². The number of rotatable bonds is 3. The lowest BCUT2D eigenvalue weighted by molar-refractivity contribution is 0.102. The Kier molecular flexibility index (Phi) is 3.20. The van der Waals surface area contributed by atoms with Crippen LogP contribution >= 0.6 is 0 Å². The first-order chi connectivity index (χ1) is 11.3. The standard InChI is InChI=1S/C19H15N3O/c23-19(22-14-6-2-1-3-7-14)13-10-18(20-11-13)16-12-21-17-9-5-4-8-15(16)17/h1-12,20-21H,(H,22,23). The summed E-state index contributed by atoms with van der Waals surface area (Å²) in [5.74, 6) is -0.126. The van der Waals surface area contributed by atoms with Gasteiger partial charge in [-0.1, -0.05) is 36.4 Å². The fourth-order valence-corrected chi connectivity index (χ4v) is 2.70. The van der Waals surface area contributed by atoms with Crippen LogP contribution in [-0.2, 0) is 0 Å². The predicted octanol–water partition coefficient (Wildman–Crippen LogP) is 4.42. The Morgan fingerprint density at radius 1 is 0.870 bits per heavy atom. The number of carbonyl (C=O) groups is 1. The SMILES string of the molecule is O=C(Nc1ccccc1)c1c[nH]c(-c2c[nH]c3ccccc23)c1. The van der Waals surface area contributed by atoms with Gasteiger partial charge in [-0.3, -0.25) is 4.79 Å². The van der Waals surface area contributed by atoms with Gasteiger partial charge in [-0.15, -0.1) is 0 Å². The number of benzene rings is 2. The maximum atomic E-state index is 12.3. The number of H-pyrrole nitrogens is 2. The molecule has 2 heterocycles. The van der Waals surface area contributed by atoms with E-state index in [9.17, 15) is 4.79 Å². The summed E-state index contributed by atoms with van der Waals surface area (Å²) in [4.78, 5) is 18.8. The first-order valence-corrected chi connectivity index (χ1v) is 7.42. The fraction of sp³-hybridized carbons (Fsp3) is 0. The van der Waals surface area contributed by atoms with Gasteiger partial charge in [0.2, 0.25) is 0 Å². The molecule has 4 rings (SSSR count). The molecule has 112 valence electrons. The van der Waals surface area contributed by atoms with Crippen LogP contribution in [0.25, 0.3) is 22.2 Å². The summed E-state index contributed by atoms with van der Waals surface area (Å²) in [5.41, 5.74) is 4.44. The Bertz CT molecular complexity index is 966. The summed E-state index contributed by atoms with van der Waals surface area (Å²) in [7, 11) is 0. The van der Waals surface area contributed by atoms with E-state index in [4.69, 9.17) is 0 Å². The summed E-state index contributed by atoms with van der Waals surface area (Å²) in [6, 6.07) is 19.4. The molecule has 0 atom stereocenters.